The van der Waals surface area contributed by atoms with Crippen LogP contribution in [0.4, 0.5) is 11.4 Å². The molecule has 0 spiro atoms. The van der Waals surface area contributed by atoms with Crippen molar-refractivity contribution in [2.45, 2.75) is 6.61 Å². The van der Waals surface area contributed by atoms with Crippen molar-refractivity contribution in [1.82, 2.24) is 9.97 Å². The minimum Gasteiger partial charge on any atom is -0.493 e. The molecule has 0 unspecified atom stereocenters. The number of anilines is 2. The van der Waals surface area contributed by atoms with E-state index in [1.165, 1.54) is 0 Å². The molecule has 0 bridgehead atoms. The maximum Gasteiger partial charge on any atom is 0.163 e. The highest BCUT2D eigenvalue weighted by atomic mass is 16.5. The van der Waals surface area contributed by atoms with Gasteiger partial charge in [-0.25, -0.2) is 0 Å². The Kier molecular flexibility index (Phi) is 4.69. The molecule has 0 aliphatic rings. The minimum atomic E-state index is 0.470. The summed E-state index contributed by atoms with van der Waals surface area (Å²) in [6, 6.07) is 24.2. The Morgan fingerprint density at radius 1 is 0.933 bits per heavy atom. The summed E-state index contributed by atoms with van der Waals surface area (Å²) in [7, 11) is 1.65. The molecule has 3 aromatic carbocycles. The fraction of sp³-hybridized carbons (Fsp3) is 0.0800. The molecule has 0 fully saturated rings. The molecule has 2 aromatic heterocycles. The lowest BCUT2D eigenvalue weighted by Gasteiger charge is -2.14. The molecule has 0 saturated carbocycles. The van der Waals surface area contributed by atoms with Gasteiger partial charge in [-0.1, -0.05) is 30.3 Å². The van der Waals surface area contributed by atoms with Gasteiger partial charge in [0.1, 0.15) is 6.61 Å². The van der Waals surface area contributed by atoms with Crippen LogP contribution in [-0.4, -0.2) is 17.1 Å². The molecule has 2 N–H and O–H groups in total. The topological polar surface area (TPSA) is 59.2 Å². The third-order valence-corrected chi connectivity index (χ3v) is 5.10. The third-order valence-electron chi connectivity index (χ3n) is 5.10. The first-order valence-corrected chi connectivity index (χ1v) is 9.78. The lowest BCUT2D eigenvalue weighted by Crippen LogP contribution is -1.99. The Bertz CT molecular complexity index is 1310. The standard InChI is InChI=1S/C25H21N3O2/c1-29-24-14-20-22(28-19-7-8-21-18(13-19)9-11-26-21)10-12-27-23(20)15-25(24)30-16-17-5-3-2-4-6-17/h2-15,26H,16H2,1H3,(H,27,28). The SMILES string of the molecule is COc1cc2c(Nc3ccc4[nH]ccc4c3)ccnc2cc1OCc1ccccc1. The molecular weight excluding hydrogens is 374 g/mol. The van der Waals surface area contributed by atoms with Crippen LogP contribution in [0.3, 0.4) is 0 Å². The molecular formula is C25H21N3O2. The van der Waals surface area contributed by atoms with Crippen LogP contribution in [0.5, 0.6) is 11.5 Å². The van der Waals surface area contributed by atoms with Crippen LogP contribution >= 0.6 is 0 Å². The summed E-state index contributed by atoms with van der Waals surface area (Å²) < 4.78 is 11.6. The first-order chi connectivity index (χ1) is 14.8. The van der Waals surface area contributed by atoms with Crippen LogP contribution in [0.25, 0.3) is 21.8 Å². The number of nitrogens with zero attached hydrogens (tertiary/aromatic N) is 1. The molecule has 0 atom stereocenters. The van der Waals surface area contributed by atoms with E-state index in [1.54, 1.807) is 13.3 Å². The summed E-state index contributed by atoms with van der Waals surface area (Å²) in [4.78, 5) is 7.75. The fourth-order valence-electron chi connectivity index (χ4n) is 3.56. The van der Waals surface area contributed by atoms with E-state index in [4.69, 9.17) is 9.47 Å². The molecule has 5 rings (SSSR count). The number of hydrogen-bond acceptors (Lipinski definition) is 4. The molecule has 0 radical (unpaired) electrons. The van der Waals surface area contributed by atoms with E-state index in [-0.39, 0.29) is 0 Å². The smallest absolute Gasteiger partial charge is 0.163 e. The second-order valence-electron chi connectivity index (χ2n) is 7.06. The highest BCUT2D eigenvalue weighted by molar-refractivity contribution is 5.95. The number of methoxy groups -OCH3 is 1. The van der Waals surface area contributed by atoms with Crippen molar-refractivity contribution in [3.8, 4) is 11.5 Å². The monoisotopic (exact) mass is 395 g/mol. The Labute approximate surface area is 174 Å². The van der Waals surface area contributed by atoms with Crippen LogP contribution in [0.2, 0.25) is 0 Å². The lowest BCUT2D eigenvalue weighted by molar-refractivity contribution is 0.285. The first-order valence-electron chi connectivity index (χ1n) is 9.78. The van der Waals surface area contributed by atoms with Crippen LogP contribution in [0.15, 0.2) is 85.2 Å². The number of rotatable bonds is 6. The van der Waals surface area contributed by atoms with Crippen LogP contribution in [0, 0.1) is 0 Å². The summed E-state index contributed by atoms with van der Waals surface area (Å²) in [5.74, 6) is 1.35. The van der Waals surface area contributed by atoms with Crippen LogP contribution in [-0.2, 0) is 6.61 Å². The van der Waals surface area contributed by atoms with Crippen LogP contribution in [0.1, 0.15) is 5.56 Å². The van der Waals surface area contributed by atoms with Crippen molar-refractivity contribution in [2.24, 2.45) is 0 Å². The van der Waals surface area contributed by atoms with E-state index in [9.17, 15) is 0 Å². The second kappa shape index (κ2) is 7.79. The van der Waals surface area contributed by atoms with Gasteiger partial charge in [-0.3, -0.25) is 4.98 Å². The number of pyridine rings is 1. The van der Waals surface area contributed by atoms with E-state index >= 15 is 0 Å². The lowest BCUT2D eigenvalue weighted by atomic mass is 10.1. The van der Waals surface area contributed by atoms with Gasteiger partial charge in [0.05, 0.1) is 12.6 Å². The van der Waals surface area contributed by atoms with Crippen molar-refractivity contribution >= 4 is 33.2 Å². The zero-order valence-electron chi connectivity index (χ0n) is 16.6. The zero-order chi connectivity index (χ0) is 20.3. The zero-order valence-corrected chi connectivity index (χ0v) is 16.6. The van der Waals surface area contributed by atoms with E-state index in [0.717, 1.165) is 38.7 Å². The Balaban J connectivity index is 1.47. The van der Waals surface area contributed by atoms with Crippen molar-refractivity contribution in [3.63, 3.8) is 0 Å². The van der Waals surface area contributed by atoms with Gasteiger partial charge in [0.25, 0.3) is 0 Å². The molecule has 5 nitrogen and oxygen atoms in total. The summed E-state index contributed by atoms with van der Waals surface area (Å²) in [6.45, 7) is 0.470. The predicted molar refractivity (Wildman–Crippen MR) is 121 cm³/mol. The second-order valence-corrected chi connectivity index (χ2v) is 7.06. The highest BCUT2D eigenvalue weighted by Gasteiger charge is 2.11. The van der Waals surface area contributed by atoms with Crippen LogP contribution < -0.4 is 14.8 Å². The first kappa shape index (κ1) is 18.1. The highest BCUT2D eigenvalue weighted by Crippen LogP contribution is 2.36. The van der Waals surface area contributed by atoms with Gasteiger partial charge in [-0.15, -0.1) is 0 Å². The van der Waals surface area contributed by atoms with Gasteiger partial charge < -0.3 is 19.8 Å². The molecule has 30 heavy (non-hydrogen) atoms. The molecule has 0 saturated heterocycles. The average molecular weight is 395 g/mol. The molecule has 5 heteroatoms. The molecule has 0 aliphatic heterocycles. The van der Waals surface area contributed by atoms with Crippen molar-refractivity contribution in [1.29, 1.82) is 0 Å². The van der Waals surface area contributed by atoms with Gasteiger partial charge in [0.2, 0.25) is 0 Å². The minimum absolute atomic E-state index is 0.470. The van der Waals surface area contributed by atoms with Crippen molar-refractivity contribution in [3.05, 3.63) is 90.8 Å². The molecule has 0 amide bonds. The van der Waals surface area contributed by atoms with Gasteiger partial charge in [0.15, 0.2) is 11.5 Å². The number of aromatic amines is 1. The molecule has 2 heterocycles. The fourth-order valence-corrected chi connectivity index (χ4v) is 3.56. The van der Waals surface area contributed by atoms with Crippen molar-refractivity contribution < 1.29 is 9.47 Å². The summed E-state index contributed by atoms with van der Waals surface area (Å²) in [5, 5.41) is 5.64. The van der Waals surface area contributed by atoms with E-state index < -0.39 is 0 Å². The Morgan fingerprint density at radius 3 is 2.70 bits per heavy atom. The number of H-pyrrole nitrogens is 1. The number of aromatic nitrogens is 2. The van der Waals surface area contributed by atoms with E-state index in [0.29, 0.717) is 18.1 Å². The number of benzene rings is 3. The van der Waals surface area contributed by atoms with Crippen molar-refractivity contribution in [2.75, 3.05) is 12.4 Å². The molecule has 0 aliphatic carbocycles. The Hall–Kier alpha value is -3.99. The van der Waals surface area contributed by atoms with Gasteiger partial charge in [0, 0.05) is 46.1 Å². The quantitative estimate of drug-likeness (QED) is 0.368. The van der Waals surface area contributed by atoms with E-state index in [1.807, 2.05) is 54.7 Å². The third kappa shape index (κ3) is 3.53. The summed E-state index contributed by atoms with van der Waals surface area (Å²) in [6.07, 6.45) is 3.74. The van der Waals surface area contributed by atoms with Gasteiger partial charge in [-0.2, -0.15) is 0 Å². The Morgan fingerprint density at radius 2 is 1.83 bits per heavy atom. The van der Waals surface area contributed by atoms with Gasteiger partial charge in [-0.05, 0) is 42.0 Å². The molecule has 148 valence electrons. The van der Waals surface area contributed by atoms with E-state index in [2.05, 4.69) is 39.6 Å². The summed E-state index contributed by atoms with van der Waals surface area (Å²) >= 11 is 0. The van der Waals surface area contributed by atoms with Gasteiger partial charge >= 0.3 is 0 Å². The predicted octanol–water partition coefficient (Wildman–Crippen LogP) is 6.05. The number of hydrogen-bond donors (Lipinski definition) is 2. The molecule has 5 aromatic rings. The maximum atomic E-state index is 6.03. The number of nitrogens with one attached hydrogen (secondary N) is 2. The maximum absolute atomic E-state index is 6.03. The summed E-state index contributed by atoms with van der Waals surface area (Å²) in [5.41, 5.74) is 5.03. The number of fused-ring (bicyclic) bond motifs is 2. The largest absolute Gasteiger partial charge is 0.493 e. The average Bonchev–Trinajstić information content (AvgIpc) is 3.26. The normalized spacial score (nSPS) is 11.0. The number of ether oxygens (including phenoxy) is 2.